The number of carbonyl (C=O) groups is 1. The van der Waals surface area contributed by atoms with Gasteiger partial charge in [0.15, 0.2) is 0 Å². The van der Waals surface area contributed by atoms with Gasteiger partial charge < -0.3 is 4.74 Å². The maximum atomic E-state index is 12.7. The van der Waals surface area contributed by atoms with Crippen molar-refractivity contribution in [3.05, 3.63) is 48.5 Å². The first-order valence-corrected chi connectivity index (χ1v) is 6.19. The van der Waals surface area contributed by atoms with Crippen molar-refractivity contribution in [3.8, 4) is 5.75 Å². The number of anilines is 1. The predicted octanol–water partition coefficient (Wildman–Crippen LogP) is 2.41. The summed E-state index contributed by atoms with van der Waals surface area (Å²) in [6.45, 7) is 0.384. The van der Waals surface area contributed by atoms with Crippen LogP contribution in [0.5, 0.6) is 5.75 Å². The molecule has 0 unspecified atom stereocenters. The number of amides is 1. The van der Waals surface area contributed by atoms with Crippen molar-refractivity contribution >= 4 is 11.9 Å². The van der Waals surface area contributed by atoms with Gasteiger partial charge in [-0.3, -0.25) is 10.1 Å². The Morgan fingerprint density at radius 3 is 2.60 bits per heavy atom. The molecule has 0 fully saturated rings. The van der Waals surface area contributed by atoms with Crippen molar-refractivity contribution in [3.63, 3.8) is 0 Å². The summed E-state index contributed by atoms with van der Waals surface area (Å²) in [6.07, 6.45) is 3.97. The first-order valence-electron chi connectivity index (χ1n) is 6.19. The Morgan fingerprint density at radius 2 is 1.90 bits per heavy atom. The Morgan fingerprint density at radius 1 is 1.20 bits per heavy atom. The molecular weight excluding hydrogens is 261 g/mol. The maximum Gasteiger partial charge on any atom is 0.229 e. The molecule has 5 nitrogen and oxygen atoms in total. The molecule has 1 amide bonds. The van der Waals surface area contributed by atoms with E-state index in [0.717, 1.165) is 0 Å². The number of nitrogens with zero attached hydrogens (tertiary/aromatic N) is 2. The molecule has 0 aliphatic heterocycles. The van der Waals surface area contributed by atoms with Crippen molar-refractivity contribution in [1.29, 1.82) is 0 Å². The molecule has 0 spiro atoms. The molecule has 0 radical (unpaired) electrons. The molecule has 1 heterocycles. The van der Waals surface area contributed by atoms with E-state index in [0.29, 0.717) is 25.2 Å². The highest BCUT2D eigenvalue weighted by Gasteiger charge is 2.03. The van der Waals surface area contributed by atoms with Gasteiger partial charge in [0.2, 0.25) is 11.9 Å². The molecule has 0 saturated heterocycles. The number of nitrogens with one attached hydrogen (secondary N) is 1. The standard InChI is InChI=1S/C14H14FN3O2/c15-11-4-6-12(7-5-11)20-10-1-3-13(19)18-14-16-8-2-9-17-14/h2,4-9H,1,3,10H2,(H,16,17,18,19). The second kappa shape index (κ2) is 7.18. The molecule has 2 rings (SSSR count). The van der Waals surface area contributed by atoms with Crippen LogP contribution in [0, 0.1) is 5.82 Å². The number of aromatic nitrogens is 2. The number of hydrogen-bond acceptors (Lipinski definition) is 4. The molecule has 1 aromatic heterocycles. The number of rotatable bonds is 6. The van der Waals surface area contributed by atoms with E-state index in [-0.39, 0.29) is 17.7 Å². The molecule has 2 aromatic rings. The van der Waals surface area contributed by atoms with Crippen LogP contribution in [0.15, 0.2) is 42.7 Å². The molecule has 0 aliphatic carbocycles. The lowest BCUT2D eigenvalue weighted by Gasteiger charge is -2.06. The third kappa shape index (κ3) is 4.64. The van der Waals surface area contributed by atoms with E-state index < -0.39 is 0 Å². The van der Waals surface area contributed by atoms with E-state index in [1.165, 1.54) is 12.1 Å². The van der Waals surface area contributed by atoms with Crippen LogP contribution in [-0.2, 0) is 4.79 Å². The van der Waals surface area contributed by atoms with Gasteiger partial charge in [-0.2, -0.15) is 0 Å². The number of ether oxygens (including phenoxy) is 1. The SMILES string of the molecule is O=C(CCCOc1ccc(F)cc1)Nc1ncccn1. The highest BCUT2D eigenvalue weighted by atomic mass is 19.1. The van der Waals surface area contributed by atoms with Crippen molar-refractivity contribution in [2.75, 3.05) is 11.9 Å². The van der Waals surface area contributed by atoms with Crippen LogP contribution in [-0.4, -0.2) is 22.5 Å². The topological polar surface area (TPSA) is 64.1 Å². The number of carbonyl (C=O) groups excluding carboxylic acids is 1. The molecule has 0 bridgehead atoms. The van der Waals surface area contributed by atoms with Crippen LogP contribution in [0.4, 0.5) is 10.3 Å². The van der Waals surface area contributed by atoms with Gasteiger partial charge in [-0.05, 0) is 36.8 Å². The fraction of sp³-hybridized carbons (Fsp3) is 0.214. The smallest absolute Gasteiger partial charge is 0.229 e. The van der Waals surface area contributed by atoms with Gasteiger partial charge in [0, 0.05) is 18.8 Å². The number of benzene rings is 1. The summed E-state index contributed by atoms with van der Waals surface area (Å²) in [5, 5.41) is 2.58. The Kier molecular flexibility index (Phi) is 5.00. The van der Waals surface area contributed by atoms with Crippen molar-refractivity contribution < 1.29 is 13.9 Å². The monoisotopic (exact) mass is 275 g/mol. The van der Waals surface area contributed by atoms with Gasteiger partial charge in [-0.15, -0.1) is 0 Å². The Hall–Kier alpha value is -2.50. The summed E-state index contributed by atoms with van der Waals surface area (Å²) < 4.78 is 18.1. The first-order chi connectivity index (χ1) is 9.74. The van der Waals surface area contributed by atoms with Crippen LogP contribution < -0.4 is 10.1 Å². The zero-order valence-electron chi connectivity index (χ0n) is 10.8. The number of halogens is 1. The highest BCUT2D eigenvalue weighted by molar-refractivity contribution is 5.88. The largest absolute Gasteiger partial charge is 0.494 e. The second-order valence-corrected chi connectivity index (χ2v) is 4.03. The van der Waals surface area contributed by atoms with Gasteiger partial charge in [0.05, 0.1) is 6.61 Å². The van der Waals surface area contributed by atoms with Crippen LogP contribution in [0.3, 0.4) is 0 Å². The highest BCUT2D eigenvalue weighted by Crippen LogP contribution is 2.11. The third-order valence-corrected chi connectivity index (χ3v) is 2.45. The van der Waals surface area contributed by atoms with Crippen molar-refractivity contribution in [1.82, 2.24) is 9.97 Å². The Labute approximate surface area is 115 Å². The molecular formula is C14H14FN3O2. The maximum absolute atomic E-state index is 12.7. The average Bonchev–Trinajstić information content (AvgIpc) is 2.46. The van der Waals surface area contributed by atoms with E-state index in [2.05, 4.69) is 15.3 Å². The van der Waals surface area contributed by atoms with Gasteiger partial charge in [-0.25, -0.2) is 14.4 Å². The lowest BCUT2D eigenvalue weighted by atomic mass is 10.3. The zero-order chi connectivity index (χ0) is 14.2. The lowest BCUT2D eigenvalue weighted by molar-refractivity contribution is -0.116. The minimum atomic E-state index is -0.306. The van der Waals surface area contributed by atoms with E-state index in [1.54, 1.807) is 30.6 Å². The van der Waals surface area contributed by atoms with Crippen molar-refractivity contribution in [2.45, 2.75) is 12.8 Å². The summed E-state index contributed by atoms with van der Waals surface area (Å²) in [5.41, 5.74) is 0. The Balaban J connectivity index is 1.66. The molecule has 0 aliphatic rings. The molecule has 1 aromatic carbocycles. The van der Waals surface area contributed by atoms with E-state index in [4.69, 9.17) is 4.74 Å². The lowest BCUT2D eigenvalue weighted by Crippen LogP contribution is -2.14. The number of hydrogen-bond donors (Lipinski definition) is 1. The molecule has 0 saturated carbocycles. The summed E-state index contributed by atoms with van der Waals surface area (Å²) in [7, 11) is 0. The predicted molar refractivity (Wildman–Crippen MR) is 71.8 cm³/mol. The Bertz CT molecular complexity index is 546. The zero-order valence-corrected chi connectivity index (χ0v) is 10.8. The quantitative estimate of drug-likeness (QED) is 0.822. The van der Waals surface area contributed by atoms with Crippen LogP contribution in [0.1, 0.15) is 12.8 Å². The molecule has 104 valence electrons. The summed E-state index contributed by atoms with van der Waals surface area (Å²) >= 11 is 0. The van der Waals surface area contributed by atoms with Crippen LogP contribution >= 0.6 is 0 Å². The van der Waals surface area contributed by atoms with Crippen molar-refractivity contribution in [2.24, 2.45) is 0 Å². The van der Waals surface area contributed by atoms with Gasteiger partial charge >= 0.3 is 0 Å². The molecule has 6 heteroatoms. The minimum absolute atomic E-state index is 0.168. The summed E-state index contributed by atoms with van der Waals surface area (Å²) in [4.78, 5) is 19.4. The van der Waals surface area contributed by atoms with E-state index in [9.17, 15) is 9.18 Å². The first kappa shape index (κ1) is 13.9. The molecule has 20 heavy (non-hydrogen) atoms. The summed E-state index contributed by atoms with van der Waals surface area (Å²) in [5.74, 6) is 0.397. The van der Waals surface area contributed by atoms with Gasteiger partial charge in [-0.1, -0.05) is 0 Å². The molecule has 1 N–H and O–H groups in total. The van der Waals surface area contributed by atoms with Crippen LogP contribution in [0.25, 0.3) is 0 Å². The van der Waals surface area contributed by atoms with Crippen LogP contribution in [0.2, 0.25) is 0 Å². The minimum Gasteiger partial charge on any atom is -0.494 e. The average molecular weight is 275 g/mol. The third-order valence-electron chi connectivity index (χ3n) is 2.45. The van der Waals surface area contributed by atoms with Gasteiger partial charge in [0.25, 0.3) is 0 Å². The fourth-order valence-corrected chi connectivity index (χ4v) is 1.50. The normalized spacial score (nSPS) is 10.1. The van der Waals surface area contributed by atoms with Gasteiger partial charge in [0.1, 0.15) is 11.6 Å². The van der Waals surface area contributed by atoms with E-state index in [1.807, 2.05) is 0 Å². The summed E-state index contributed by atoms with van der Waals surface area (Å²) in [6, 6.07) is 7.43. The fourth-order valence-electron chi connectivity index (χ4n) is 1.50. The molecule has 0 atom stereocenters. The second-order valence-electron chi connectivity index (χ2n) is 4.03. The van der Waals surface area contributed by atoms with E-state index >= 15 is 0 Å².